The minimum absolute atomic E-state index is 0.00494. The first kappa shape index (κ1) is 24.1. The Bertz CT molecular complexity index is 1010. The van der Waals surface area contributed by atoms with E-state index in [0.29, 0.717) is 12.3 Å². The van der Waals surface area contributed by atoms with Crippen LogP contribution in [0.1, 0.15) is 106 Å². The van der Waals surface area contributed by atoms with Gasteiger partial charge in [0.1, 0.15) is 0 Å². The molecule has 5 aliphatic rings. The van der Waals surface area contributed by atoms with Crippen molar-refractivity contribution in [3.05, 3.63) is 23.3 Å². The molecule has 0 aromatic carbocycles. The zero-order valence-electron chi connectivity index (χ0n) is 22.1. The Morgan fingerprint density at radius 1 is 0.794 bits per heavy atom. The third-order valence-corrected chi connectivity index (χ3v) is 12.4. The average Bonchev–Trinajstić information content (AvgIpc) is 2.73. The fourth-order valence-electron chi connectivity index (χ4n) is 10.0. The molecule has 7 atom stereocenters. The molecule has 2 unspecified atom stereocenters. The molecule has 0 bridgehead atoms. The van der Waals surface area contributed by atoms with Crippen molar-refractivity contribution < 1.29 is 19.8 Å². The number of carboxylic acid groups (broad SMARTS) is 2. The van der Waals surface area contributed by atoms with Crippen LogP contribution in [0, 0.1) is 44.3 Å². The molecular formula is C30H44O4. The predicted octanol–water partition coefficient (Wildman–Crippen LogP) is 7.25. The molecule has 0 aliphatic heterocycles. The topological polar surface area (TPSA) is 74.6 Å². The van der Waals surface area contributed by atoms with Crippen molar-refractivity contribution >= 4 is 11.9 Å². The van der Waals surface area contributed by atoms with Gasteiger partial charge < -0.3 is 10.2 Å². The largest absolute Gasteiger partial charge is 0.481 e. The maximum absolute atomic E-state index is 12.7. The molecule has 0 aromatic heterocycles. The number of hydrogen-bond donors (Lipinski definition) is 2. The number of carbonyl (C=O) groups is 2. The standard InChI is InChI=1S/C30H44O4/c1-25(2)14-16-30(24(33)34)17-15-28(5)19(20(30)18-25)8-9-22-26(3)11-7-12-27(4,23(31)32)21(26)10-13-29(22,28)6/h8,18,21-22H,7,9-17H2,1-6H3,(H,31,32)(H,33,34)/t21?,22-,26+,27?,28-,29-,30+/m1/s1. The van der Waals surface area contributed by atoms with Crippen molar-refractivity contribution in [1.29, 1.82) is 0 Å². The van der Waals surface area contributed by atoms with Crippen LogP contribution in [0.4, 0.5) is 0 Å². The third-order valence-electron chi connectivity index (χ3n) is 12.4. The summed E-state index contributed by atoms with van der Waals surface area (Å²) in [6.45, 7) is 13.8. The van der Waals surface area contributed by atoms with E-state index < -0.39 is 22.8 Å². The van der Waals surface area contributed by atoms with E-state index in [0.717, 1.165) is 63.4 Å². The molecule has 0 radical (unpaired) electrons. The summed E-state index contributed by atoms with van der Waals surface area (Å²) < 4.78 is 0. The summed E-state index contributed by atoms with van der Waals surface area (Å²) >= 11 is 0. The Balaban J connectivity index is 1.64. The number of allylic oxidation sites excluding steroid dienone is 3. The second-order valence-electron chi connectivity index (χ2n) is 14.3. The molecule has 4 nitrogen and oxygen atoms in total. The molecule has 0 heterocycles. The molecule has 3 saturated carbocycles. The molecule has 0 amide bonds. The second kappa shape index (κ2) is 7.01. The quantitative estimate of drug-likeness (QED) is 0.448. The van der Waals surface area contributed by atoms with Gasteiger partial charge in [-0.15, -0.1) is 0 Å². The normalized spacial score (nSPS) is 49.4. The lowest BCUT2D eigenvalue weighted by atomic mass is 9.34. The minimum atomic E-state index is -0.738. The maximum Gasteiger partial charge on any atom is 0.314 e. The first-order chi connectivity index (χ1) is 15.7. The van der Waals surface area contributed by atoms with Gasteiger partial charge in [-0.05, 0) is 109 Å². The van der Waals surface area contributed by atoms with Crippen molar-refractivity contribution in [3.8, 4) is 0 Å². The van der Waals surface area contributed by atoms with E-state index in [4.69, 9.17) is 0 Å². The molecule has 2 N–H and O–H groups in total. The van der Waals surface area contributed by atoms with Gasteiger partial charge >= 0.3 is 11.9 Å². The first-order valence-electron chi connectivity index (χ1n) is 13.6. The Labute approximate surface area is 205 Å². The van der Waals surface area contributed by atoms with Crippen LogP contribution in [0.25, 0.3) is 0 Å². The van der Waals surface area contributed by atoms with E-state index >= 15 is 0 Å². The monoisotopic (exact) mass is 468 g/mol. The Morgan fingerprint density at radius 2 is 1.47 bits per heavy atom. The lowest BCUT2D eigenvalue weighted by molar-refractivity contribution is -0.191. The molecule has 0 saturated heterocycles. The Hall–Kier alpha value is -1.58. The van der Waals surface area contributed by atoms with Crippen LogP contribution in [-0.4, -0.2) is 22.2 Å². The van der Waals surface area contributed by atoms with E-state index in [9.17, 15) is 19.8 Å². The van der Waals surface area contributed by atoms with Crippen LogP contribution < -0.4 is 0 Å². The third kappa shape index (κ3) is 2.77. The molecule has 188 valence electrons. The zero-order chi connectivity index (χ0) is 24.9. The van der Waals surface area contributed by atoms with Gasteiger partial charge in [0.05, 0.1) is 10.8 Å². The summed E-state index contributed by atoms with van der Waals surface area (Å²) in [5.74, 6) is -0.633. The second-order valence-corrected chi connectivity index (χ2v) is 14.3. The maximum atomic E-state index is 12.7. The molecule has 4 heteroatoms. The molecule has 3 fully saturated rings. The highest BCUT2D eigenvalue weighted by Crippen LogP contribution is 2.75. The predicted molar refractivity (Wildman–Crippen MR) is 133 cm³/mol. The van der Waals surface area contributed by atoms with Crippen molar-refractivity contribution in [3.63, 3.8) is 0 Å². The summed E-state index contributed by atoms with van der Waals surface area (Å²) in [6.07, 6.45) is 13.8. The molecule has 34 heavy (non-hydrogen) atoms. The molecule has 5 aliphatic carbocycles. The van der Waals surface area contributed by atoms with Crippen molar-refractivity contribution in [2.24, 2.45) is 44.3 Å². The van der Waals surface area contributed by atoms with Crippen molar-refractivity contribution in [1.82, 2.24) is 0 Å². The van der Waals surface area contributed by atoms with Crippen molar-refractivity contribution in [2.45, 2.75) is 106 Å². The summed E-state index contributed by atoms with van der Waals surface area (Å²) in [5.41, 5.74) is 1.04. The number of fused-ring (bicyclic) bond motifs is 7. The SMILES string of the molecule is CC1(C)C=C2C3=CC[C@@H]4[C@@]5(C)CCCC(C)(C(=O)O)C5CC[C@@]4(C)[C@]3(C)CC[C@@]2(C(=O)O)CC1. The lowest BCUT2D eigenvalue weighted by Crippen LogP contribution is -2.63. The number of aliphatic carboxylic acids is 2. The summed E-state index contributed by atoms with van der Waals surface area (Å²) in [7, 11) is 0. The first-order valence-corrected chi connectivity index (χ1v) is 13.6. The van der Waals surface area contributed by atoms with E-state index in [2.05, 4.69) is 46.8 Å². The zero-order valence-corrected chi connectivity index (χ0v) is 22.1. The van der Waals surface area contributed by atoms with Crippen molar-refractivity contribution in [2.75, 3.05) is 0 Å². The summed E-state index contributed by atoms with van der Waals surface area (Å²) in [4.78, 5) is 25.2. The fourth-order valence-corrected chi connectivity index (χ4v) is 10.0. The Morgan fingerprint density at radius 3 is 2.12 bits per heavy atom. The van der Waals surface area contributed by atoms with Crippen LogP contribution in [0.5, 0.6) is 0 Å². The molecule has 5 rings (SSSR count). The van der Waals surface area contributed by atoms with Gasteiger partial charge in [-0.2, -0.15) is 0 Å². The van der Waals surface area contributed by atoms with Gasteiger partial charge in [0.25, 0.3) is 0 Å². The highest BCUT2D eigenvalue weighted by Gasteiger charge is 2.68. The van der Waals surface area contributed by atoms with Gasteiger partial charge in [0, 0.05) is 0 Å². The van der Waals surface area contributed by atoms with Gasteiger partial charge in [0.15, 0.2) is 0 Å². The lowest BCUT2D eigenvalue weighted by Gasteiger charge is -2.69. The Kier molecular flexibility index (Phi) is 4.97. The van der Waals surface area contributed by atoms with Gasteiger partial charge in [-0.3, -0.25) is 9.59 Å². The fraction of sp³-hybridized carbons (Fsp3) is 0.800. The van der Waals surface area contributed by atoms with Crippen LogP contribution >= 0.6 is 0 Å². The molecule has 0 aromatic rings. The van der Waals surface area contributed by atoms with E-state index in [1.54, 1.807) is 0 Å². The van der Waals surface area contributed by atoms with Gasteiger partial charge in [0.2, 0.25) is 0 Å². The number of rotatable bonds is 2. The highest BCUT2D eigenvalue weighted by molar-refractivity contribution is 5.82. The van der Waals surface area contributed by atoms with Crippen LogP contribution in [0.15, 0.2) is 23.3 Å². The molecule has 0 spiro atoms. The van der Waals surface area contributed by atoms with Crippen LogP contribution in [0.2, 0.25) is 0 Å². The average molecular weight is 469 g/mol. The van der Waals surface area contributed by atoms with E-state index in [1.807, 2.05) is 6.92 Å². The van der Waals surface area contributed by atoms with Gasteiger partial charge in [-0.1, -0.05) is 53.2 Å². The van der Waals surface area contributed by atoms with E-state index in [1.165, 1.54) is 5.57 Å². The van der Waals surface area contributed by atoms with Gasteiger partial charge in [-0.25, -0.2) is 0 Å². The highest BCUT2D eigenvalue weighted by atomic mass is 16.4. The summed E-state index contributed by atoms with van der Waals surface area (Å²) in [5, 5.41) is 20.7. The van der Waals surface area contributed by atoms with E-state index in [-0.39, 0.29) is 27.6 Å². The number of carboxylic acids is 2. The summed E-state index contributed by atoms with van der Waals surface area (Å²) in [6, 6.07) is 0. The van der Waals surface area contributed by atoms with Crippen LogP contribution in [0.3, 0.4) is 0 Å². The smallest absolute Gasteiger partial charge is 0.314 e. The minimum Gasteiger partial charge on any atom is -0.481 e. The number of hydrogen-bond acceptors (Lipinski definition) is 2. The molecular weight excluding hydrogens is 424 g/mol. The van der Waals surface area contributed by atoms with Crippen LogP contribution in [-0.2, 0) is 9.59 Å².